The monoisotopic (exact) mass is 476 g/mol. The largest absolute Gasteiger partial charge is 0.358 e. The molecule has 1 aromatic carbocycles. The summed E-state index contributed by atoms with van der Waals surface area (Å²) in [4.78, 5) is 56.9. The van der Waals surface area contributed by atoms with Gasteiger partial charge >= 0.3 is 0 Å². The summed E-state index contributed by atoms with van der Waals surface area (Å²) in [6.45, 7) is 2.78. The molecule has 9 nitrogen and oxygen atoms in total. The second-order valence-electron chi connectivity index (χ2n) is 8.15. The lowest BCUT2D eigenvalue weighted by Gasteiger charge is -2.39. The molecule has 2 amide bonds. The van der Waals surface area contributed by atoms with Crippen molar-refractivity contribution in [3.63, 3.8) is 0 Å². The lowest BCUT2D eigenvalue weighted by molar-refractivity contribution is -0.130. The van der Waals surface area contributed by atoms with Crippen LogP contribution in [0.1, 0.15) is 27.6 Å². The number of H-pyrrole nitrogens is 2. The van der Waals surface area contributed by atoms with Crippen LogP contribution in [0, 0.1) is 0 Å². The smallest absolute Gasteiger partial charge is 0.295 e. The quantitative estimate of drug-likeness (QED) is 0.267. The Morgan fingerprint density at radius 3 is 2.62 bits per heavy atom. The Labute approximate surface area is 199 Å². The number of carbonyl (C=O) groups excluding carboxylic acids is 3. The molecule has 2 N–H and O–H groups in total. The van der Waals surface area contributed by atoms with Crippen molar-refractivity contribution in [3.8, 4) is 11.4 Å². The van der Waals surface area contributed by atoms with E-state index in [2.05, 4.69) is 19.9 Å². The van der Waals surface area contributed by atoms with E-state index in [1.165, 1.54) is 11.1 Å². The van der Waals surface area contributed by atoms with Crippen LogP contribution in [0.15, 0.2) is 55.0 Å². The van der Waals surface area contributed by atoms with Crippen molar-refractivity contribution >= 4 is 40.2 Å². The number of imidazole rings is 1. The molecule has 0 radical (unpaired) electrons. The number of halogens is 1. The summed E-state index contributed by atoms with van der Waals surface area (Å²) in [5.74, 6) is -0.844. The molecule has 1 atom stereocenters. The normalized spacial score (nSPS) is 16.1. The fourth-order valence-electron chi connectivity index (χ4n) is 4.29. The number of fused-ring (bicyclic) bond motifs is 1. The van der Waals surface area contributed by atoms with E-state index in [4.69, 9.17) is 11.6 Å². The molecule has 0 bridgehead atoms. The van der Waals surface area contributed by atoms with Crippen LogP contribution in [0.3, 0.4) is 0 Å². The number of nitrogens with zero attached hydrogens (tertiary/aromatic N) is 4. The van der Waals surface area contributed by atoms with Gasteiger partial charge in [0.2, 0.25) is 0 Å². The standard InChI is InChI=1S/C24H21ClN6O3/c1-14-13-30(23(33)15-5-3-2-4-6-15)9-10-31(14)24(34)21(32)17-12-28-19-16(22-26-7-8-27-22)11-18(25)29-20(17)19/h2-8,11-12,14,28H,9-10,13H2,1H3,(H,26,27)/t14-/m0/s1. The molecule has 1 fully saturated rings. The first-order chi connectivity index (χ1) is 16.4. The van der Waals surface area contributed by atoms with E-state index in [0.717, 1.165) is 0 Å². The molecular formula is C24H21ClN6O3. The van der Waals surface area contributed by atoms with Gasteiger partial charge in [-0.05, 0) is 25.1 Å². The Kier molecular flexibility index (Phi) is 5.62. The van der Waals surface area contributed by atoms with E-state index < -0.39 is 11.7 Å². The fraction of sp³-hybridized carbons (Fsp3) is 0.208. The summed E-state index contributed by atoms with van der Waals surface area (Å²) in [5, 5.41) is 0.182. The van der Waals surface area contributed by atoms with Gasteiger partial charge in [0.15, 0.2) is 0 Å². The van der Waals surface area contributed by atoms with Crippen molar-refractivity contribution < 1.29 is 14.4 Å². The van der Waals surface area contributed by atoms with Crippen LogP contribution in [0.2, 0.25) is 5.15 Å². The molecule has 10 heteroatoms. The van der Waals surface area contributed by atoms with Crippen molar-refractivity contribution in [2.45, 2.75) is 13.0 Å². The summed E-state index contributed by atoms with van der Waals surface area (Å²) in [7, 11) is 0. The number of hydrogen-bond acceptors (Lipinski definition) is 5. The molecule has 0 saturated carbocycles. The summed E-state index contributed by atoms with van der Waals surface area (Å²) in [6.07, 6.45) is 4.76. The first-order valence-corrected chi connectivity index (χ1v) is 11.2. The molecule has 3 aromatic heterocycles. The average molecular weight is 477 g/mol. The number of rotatable bonds is 4. The number of Topliss-reactive ketones (excluding diaryl/α,β-unsaturated/α-hetero) is 1. The van der Waals surface area contributed by atoms with Crippen molar-refractivity contribution in [2.75, 3.05) is 19.6 Å². The Hall–Kier alpha value is -3.98. The van der Waals surface area contributed by atoms with Crippen LogP contribution < -0.4 is 0 Å². The van der Waals surface area contributed by atoms with Crippen molar-refractivity contribution in [1.82, 2.24) is 29.7 Å². The Bertz CT molecular complexity index is 1380. The number of pyridine rings is 1. The van der Waals surface area contributed by atoms with Gasteiger partial charge < -0.3 is 19.8 Å². The lowest BCUT2D eigenvalue weighted by atomic mass is 10.1. The van der Waals surface area contributed by atoms with Crippen molar-refractivity contribution in [3.05, 3.63) is 71.3 Å². The lowest BCUT2D eigenvalue weighted by Crippen LogP contribution is -2.56. The molecule has 34 heavy (non-hydrogen) atoms. The number of hydrogen-bond donors (Lipinski definition) is 2. The molecule has 4 aromatic rings. The van der Waals surface area contributed by atoms with Crippen LogP contribution in [0.5, 0.6) is 0 Å². The molecular weight excluding hydrogens is 456 g/mol. The van der Waals surface area contributed by atoms with Crippen molar-refractivity contribution in [2.24, 2.45) is 0 Å². The molecule has 4 heterocycles. The highest BCUT2D eigenvalue weighted by molar-refractivity contribution is 6.45. The zero-order valence-electron chi connectivity index (χ0n) is 18.3. The van der Waals surface area contributed by atoms with Gasteiger partial charge in [-0.15, -0.1) is 0 Å². The fourth-order valence-corrected chi connectivity index (χ4v) is 4.49. The summed E-state index contributed by atoms with van der Waals surface area (Å²) < 4.78 is 0. The zero-order chi connectivity index (χ0) is 23.8. The minimum absolute atomic E-state index is 0.0909. The van der Waals surface area contributed by atoms with Gasteiger partial charge in [-0.2, -0.15) is 0 Å². The number of ketones is 1. The van der Waals surface area contributed by atoms with E-state index in [-0.39, 0.29) is 29.2 Å². The second kappa shape index (κ2) is 8.75. The molecule has 0 spiro atoms. The van der Waals surface area contributed by atoms with Gasteiger partial charge in [0, 0.05) is 55.4 Å². The highest BCUT2D eigenvalue weighted by Crippen LogP contribution is 2.30. The molecule has 1 aliphatic rings. The number of benzene rings is 1. The number of carbonyl (C=O) groups is 3. The van der Waals surface area contributed by atoms with Gasteiger partial charge in [-0.25, -0.2) is 9.97 Å². The van der Waals surface area contributed by atoms with E-state index in [0.29, 0.717) is 41.1 Å². The van der Waals surface area contributed by atoms with E-state index >= 15 is 0 Å². The SMILES string of the molecule is C[C@H]1CN(C(=O)c2ccccc2)CCN1C(=O)C(=O)c1c[nH]c2c(-c3ncc[nH]3)cc(Cl)nc12. The Balaban J connectivity index is 1.37. The summed E-state index contributed by atoms with van der Waals surface area (Å²) in [5.41, 5.74) is 2.25. The van der Waals surface area contributed by atoms with Crippen LogP contribution in [0.4, 0.5) is 0 Å². The third-order valence-electron chi connectivity index (χ3n) is 5.99. The van der Waals surface area contributed by atoms with Gasteiger partial charge in [0.1, 0.15) is 16.5 Å². The van der Waals surface area contributed by atoms with Gasteiger partial charge in [-0.3, -0.25) is 14.4 Å². The third-order valence-corrected chi connectivity index (χ3v) is 6.19. The maximum absolute atomic E-state index is 13.2. The van der Waals surface area contributed by atoms with Crippen LogP contribution in [-0.4, -0.2) is 73.0 Å². The Morgan fingerprint density at radius 2 is 1.91 bits per heavy atom. The van der Waals surface area contributed by atoms with Gasteiger partial charge in [-0.1, -0.05) is 29.8 Å². The molecule has 1 aliphatic heterocycles. The molecule has 1 saturated heterocycles. The minimum atomic E-state index is -0.680. The maximum atomic E-state index is 13.2. The second-order valence-corrected chi connectivity index (χ2v) is 8.54. The van der Waals surface area contributed by atoms with Gasteiger partial charge in [0.05, 0.1) is 11.1 Å². The van der Waals surface area contributed by atoms with E-state index in [1.807, 2.05) is 25.1 Å². The van der Waals surface area contributed by atoms with Gasteiger partial charge in [0.25, 0.3) is 17.6 Å². The first-order valence-electron chi connectivity index (χ1n) is 10.8. The topological polar surface area (TPSA) is 115 Å². The van der Waals surface area contributed by atoms with Crippen LogP contribution >= 0.6 is 11.6 Å². The van der Waals surface area contributed by atoms with Crippen LogP contribution in [-0.2, 0) is 4.79 Å². The molecule has 0 aliphatic carbocycles. The Morgan fingerprint density at radius 1 is 1.12 bits per heavy atom. The number of aromatic amines is 2. The maximum Gasteiger partial charge on any atom is 0.295 e. The predicted octanol–water partition coefficient (Wildman–Crippen LogP) is 3.16. The predicted molar refractivity (Wildman–Crippen MR) is 127 cm³/mol. The number of nitrogens with one attached hydrogen (secondary N) is 2. The number of piperazine rings is 1. The van der Waals surface area contributed by atoms with E-state index in [9.17, 15) is 14.4 Å². The molecule has 5 rings (SSSR count). The molecule has 0 unspecified atom stereocenters. The first kappa shape index (κ1) is 21.8. The highest BCUT2D eigenvalue weighted by Gasteiger charge is 2.34. The highest BCUT2D eigenvalue weighted by atomic mass is 35.5. The van der Waals surface area contributed by atoms with Crippen LogP contribution in [0.25, 0.3) is 22.4 Å². The summed E-state index contributed by atoms with van der Waals surface area (Å²) in [6, 6.07) is 10.3. The average Bonchev–Trinajstić information content (AvgIpc) is 3.53. The number of amides is 2. The van der Waals surface area contributed by atoms with E-state index in [1.54, 1.807) is 35.5 Å². The minimum Gasteiger partial charge on any atom is -0.358 e. The van der Waals surface area contributed by atoms with Crippen molar-refractivity contribution in [1.29, 1.82) is 0 Å². The third kappa shape index (κ3) is 3.84. The zero-order valence-corrected chi connectivity index (χ0v) is 19.0. The summed E-state index contributed by atoms with van der Waals surface area (Å²) >= 11 is 6.21. The molecule has 172 valence electrons. The number of aromatic nitrogens is 4.